The molecular weight excluding hydrogens is 318 g/mol. The number of rotatable bonds is 5. The van der Waals surface area contributed by atoms with Gasteiger partial charge in [-0.05, 0) is 25.1 Å². The number of carbonyl (C=O) groups is 1. The molecule has 2 heterocycles. The molecule has 2 aromatic rings. The number of benzene rings is 1. The summed E-state index contributed by atoms with van der Waals surface area (Å²) in [7, 11) is 0. The van der Waals surface area contributed by atoms with Gasteiger partial charge in [-0.3, -0.25) is 9.69 Å². The molecule has 0 aliphatic carbocycles. The molecule has 0 saturated carbocycles. The van der Waals surface area contributed by atoms with Crippen LogP contribution in [-0.2, 0) is 11.3 Å². The van der Waals surface area contributed by atoms with Crippen molar-refractivity contribution < 1.29 is 9.53 Å². The van der Waals surface area contributed by atoms with Gasteiger partial charge in [-0.25, -0.2) is 4.98 Å². The highest BCUT2D eigenvalue weighted by Crippen LogP contribution is 2.16. The molecule has 1 aromatic heterocycles. The number of nitrogens with zero attached hydrogens (tertiary/aromatic N) is 4. The fourth-order valence-electron chi connectivity index (χ4n) is 2.87. The second-order valence-electron chi connectivity index (χ2n) is 6.04. The van der Waals surface area contributed by atoms with Crippen LogP contribution in [0.3, 0.4) is 0 Å². The van der Waals surface area contributed by atoms with Crippen molar-refractivity contribution in [2.45, 2.75) is 19.6 Å². The maximum Gasteiger partial charge on any atom is 0.263 e. The second kappa shape index (κ2) is 7.81. The Morgan fingerprint density at radius 3 is 2.88 bits per heavy atom. The van der Waals surface area contributed by atoms with E-state index in [-0.39, 0.29) is 5.91 Å². The Kier molecular flexibility index (Phi) is 5.31. The van der Waals surface area contributed by atoms with Gasteiger partial charge in [0, 0.05) is 38.6 Å². The maximum absolute atomic E-state index is 12.6. The van der Waals surface area contributed by atoms with E-state index in [0.717, 1.165) is 25.5 Å². The van der Waals surface area contributed by atoms with E-state index in [9.17, 15) is 4.79 Å². The van der Waals surface area contributed by atoms with E-state index in [4.69, 9.17) is 10.00 Å². The molecule has 25 heavy (non-hydrogen) atoms. The number of hydrogen-bond acceptors (Lipinski definition) is 5. The summed E-state index contributed by atoms with van der Waals surface area (Å²) in [5.41, 5.74) is 0.517. The van der Waals surface area contributed by atoms with Crippen LogP contribution in [-0.4, -0.2) is 58.0 Å². The lowest BCUT2D eigenvalue weighted by atomic mass is 10.2. The first-order chi connectivity index (χ1) is 12.2. The summed E-state index contributed by atoms with van der Waals surface area (Å²) in [4.78, 5) is 24.0. The Labute approximate surface area is 146 Å². The van der Waals surface area contributed by atoms with Gasteiger partial charge in [0.05, 0.1) is 18.2 Å². The van der Waals surface area contributed by atoms with E-state index in [1.807, 2.05) is 11.1 Å². The van der Waals surface area contributed by atoms with Crippen molar-refractivity contribution in [1.82, 2.24) is 19.8 Å². The average Bonchev–Trinajstić information content (AvgIpc) is 3.15. The highest BCUT2D eigenvalue weighted by Gasteiger charge is 2.26. The zero-order valence-corrected chi connectivity index (χ0v) is 14.2. The summed E-state index contributed by atoms with van der Waals surface area (Å²) < 4.78 is 5.71. The Morgan fingerprint density at radius 2 is 2.20 bits per heavy atom. The van der Waals surface area contributed by atoms with Crippen LogP contribution in [0.25, 0.3) is 0 Å². The van der Waals surface area contributed by atoms with Crippen LogP contribution in [0, 0.1) is 11.3 Å². The second-order valence-corrected chi connectivity index (χ2v) is 6.04. The van der Waals surface area contributed by atoms with Crippen molar-refractivity contribution >= 4 is 5.91 Å². The molecule has 3 rings (SSSR count). The van der Waals surface area contributed by atoms with E-state index in [0.29, 0.717) is 24.4 Å². The average molecular weight is 339 g/mol. The zero-order chi connectivity index (χ0) is 17.6. The lowest BCUT2D eigenvalue weighted by molar-refractivity contribution is -0.139. The quantitative estimate of drug-likeness (QED) is 0.890. The molecule has 1 aliphatic rings. The Hall–Kier alpha value is -2.85. The lowest BCUT2D eigenvalue weighted by Gasteiger charge is -2.35. The highest BCUT2D eigenvalue weighted by atomic mass is 16.5. The number of piperazine rings is 1. The summed E-state index contributed by atoms with van der Waals surface area (Å²) >= 11 is 0. The molecule has 0 spiro atoms. The third-order valence-corrected chi connectivity index (χ3v) is 4.24. The number of aromatic amines is 1. The molecule has 7 nitrogen and oxygen atoms in total. The zero-order valence-electron chi connectivity index (χ0n) is 14.2. The van der Waals surface area contributed by atoms with Gasteiger partial charge in [0.15, 0.2) is 6.10 Å². The van der Waals surface area contributed by atoms with Crippen molar-refractivity contribution in [2.24, 2.45) is 0 Å². The van der Waals surface area contributed by atoms with E-state index >= 15 is 0 Å². The van der Waals surface area contributed by atoms with Gasteiger partial charge in [-0.1, -0.05) is 6.07 Å². The van der Waals surface area contributed by atoms with Crippen molar-refractivity contribution in [3.63, 3.8) is 0 Å². The first kappa shape index (κ1) is 17.0. The van der Waals surface area contributed by atoms with Gasteiger partial charge in [0.1, 0.15) is 11.6 Å². The van der Waals surface area contributed by atoms with Crippen molar-refractivity contribution in [3.8, 4) is 11.8 Å². The minimum absolute atomic E-state index is 0.0278. The summed E-state index contributed by atoms with van der Waals surface area (Å²) in [6.45, 7) is 5.47. The SMILES string of the molecule is CC(Oc1cccc(C#N)c1)C(=O)N1CCN(Cc2ncc[nH]2)CC1. The van der Waals surface area contributed by atoms with Crippen LogP contribution in [0.1, 0.15) is 18.3 Å². The van der Waals surface area contributed by atoms with Gasteiger partial charge < -0.3 is 14.6 Å². The Bertz CT molecular complexity index is 745. The fraction of sp³-hybridized carbons (Fsp3) is 0.389. The number of imidazole rings is 1. The van der Waals surface area contributed by atoms with Gasteiger partial charge in [-0.15, -0.1) is 0 Å². The van der Waals surface area contributed by atoms with E-state index < -0.39 is 6.10 Å². The smallest absolute Gasteiger partial charge is 0.263 e. The molecule has 0 radical (unpaired) electrons. The molecule has 130 valence electrons. The molecule has 1 aromatic carbocycles. The number of nitriles is 1. The summed E-state index contributed by atoms with van der Waals surface area (Å²) in [5.74, 6) is 1.45. The van der Waals surface area contributed by atoms with Crippen LogP contribution >= 0.6 is 0 Å². The van der Waals surface area contributed by atoms with Gasteiger partial charge in [-0.2, -0.15) is 5.26 Å². The lowest BCUT2D eigenvalue weighted by Crippen LogP contribution is -2.51. The third-order valence-electron chi connectivity index (χ3n) is 4.24. The highest BCUT2D eigenvalue weighted by molar-refractivity contribution is 5.81. The molecule has 0 bridgehead atoms. The van der Waals surface area contributed by atoms with E-state index in [2.05, 4.69) is 20.9 Å². The Morgan fingerprint density at radius 1 is 1.40 bits per heavy atom. The van der Waals surface area contributed by atoms with Crippen molar-refractivity contribution in [1.29, 1.82) is 5.26 Å². The molecule has 1 amide bonds. The van der Waals surface area contributed by atoms with Crippen LogP contribution < -0.4 is 4.74 Å². The van der Waals surface area contributed by atoms with Gasteiger partial charge in [0.25, 0.3) is 5.91 Å². The molecule has 1 atom stereocenters. The molecule has 1 fully saturated rings. The summed E-state index contributed by atoms with van der Waals surface area (Å²) in [6.07, 6.45) is 2.98. The van der Waals surface area contributed by atoms with Gasteiger partial charge >= 0.3 is 0 Å². The Balaban J connectivity index is 1.50. The first-order valence-electron chi connectivity index (χ1n) is 8.32. The topological polar surface area (TPSA) is 85.2 Å². The van der Waals surface area contributed by atoms with Crippen molar-refractivity contribution in [2.75, 3.05) is 26.2 Å². The molecule has 1 aliphatic heterocycles. The van der Waals surface area contributed by atoms with Crippen LogP contribution in [0.15, 0.2) is 36.7 Å². The number of hydrogen-bond donors (Lipinski definition) is 1. The maximum atomic E-state index is 12.6. The normalized spacial score (nSPS) is 16.2. The van der Waals surface area contributed by atoms with Crippen LogP contribution in [0.2, 0.25) is 0 Å². The summed E-state index contributed by atoms with van der Waals surface area (Å²) in [5, 5.41) is 8.93. The van der Waals surface area contributed by atoms with E-state index in [1.54, 1.807) is 37.4 Å². The standard InChI is InChI=1S/C18H21N5O2/c1-14(25-16-4-2-3-15(11-16)12-19)18(24)23-9-7-22(8-10-23)13-17-20-5-6-21-17/h2-6,11,14H,7-10,13H2,1H3,(H,20,21). The van der Waals surface area contributed by atoms with Crippen molar-refractivity contribution in [3.05, 3.63) is 48.0 Å². The molecular formula is C18H21N5O2. The minimum Gasteiger partial charge on any atom is -0.481 e. The third kappa shape index (κ3) is 4.37. The number of aromatic nitrogens is 2. The predicted octanol–water partition coefficient (Wildman–Crippen LogP) is 1.39. The molecule has 1 unspecified atom stereocenters. The predicted molar refractivity (Wildman–Crippen MR) is 91.7 cm³/mol. The first-order valence-corrected chi connectivity index (χ1v) is 8.32. The van der Waals surface area contributed by atoms with E-state index in [1.165, 1.54) is 0 Å². The van der Waals surface area contributed by atoms with Gasteiger partial charge in [0.2, 0.25) is 0 Å². The van der Waals surface area contributed by atoms with Crippen LogP contribution in [0.5, 0.6) is 5.75 Å². The number of H-pyrrole nitrogens is 1. The number of nitrogens with one attached hydrogen (secondary N) is 1. The molecule has 7 heteroatoms. The molecule has 1 N–H and O–H groups in total. The summed E-state index contributed by atoms with van der Waals surface area (Å²) in [6, 6.07) is 8.92. The largest absolute Gasteiger partial charge is 0.481 e. The fourth-order valence-corrected chi connectivity index (χ4v) is 2.87. The van der Waals surface area contributed by atoms with Crippen LogP contribution in [0.4, 0.5) is 0 Å². The number of ether oxygens (including phenoxy) is 1. The minimum atomic E-state index is -0.578. The molecule has 1 saturated heterocycles. The number of carbonyl (C=O) groups excluding carboxylic acids is 1. The number of amides is 1. The monoisotopic (exact) mass is 339 g/mol.